The van der Waals surface area contributed by atoms with Gasteiger partial charge in [-0.15, -0.1) is 0 Å². The Balaban J connectivity index is 2.07. The van der Waals surface area contributed by atoms with E-state index in [-0.39, 0.29) is 31.3 Å². The van der Waals surface area contributed by atoms with Crippen LogP contribution in [-0.4, -0.2) is 38.0 Å². The molecule has 1 heterocycles. The van der Waals surface area contributed by atoms with Crippen LogP contribution in [0.15, 0.2) is 18.2 Å². The van der Waals surface area contributed by atoms with Crippen molar-refractivity contribution in [3.8, 4) is 5.75 Å². The summed E-state index contributed by atoms with van der Waals surface area (Å²) in [6, 6.07) is 5.15. The zero-order valence-electron chi connectivity index (χ0n) is 14.1. The predicted molar refractivity (Wildman–Crippen MR) is 89.0 cm³/mol. The summed E-state index contributed by atoms with van der Waals surface area (Å²) in [7, 11) is 1.28. The van der Waals surface area contributed by atoms with Gasteiger partial charge in [-0.3, -0.25) is 14.4 Å². The van der Waals surface area contributed by atoms with Gasteiger partial charge in [0.05, 0.1) is 19.2 Å². The Kier molecular flexibility index (Phi) is 5.78. The molecule has 0 aromatic heterocycles. The SMILES string of the molecule is COC(=O)CCC(=O)Nc1ccc2c(c1)OCC(=O)N2CC(C)C. The lowest BCUT2D eigenvalue weighted by Gasteiger charge is -2.31. The van der Waals surface area contributed by atoms with Crippen LogP contribution in [0.1, 0.15) is 26.7 Å². The Morgan fingerprint density at radius 1 is 1.33 bits per heavy atom. The molecule has 1 N–H and O–H groups in total. The third kappa shape index (κ3) is 4.47. The average molecular weight is 334 g/mol. The molecule has 0 radical (unpaired) electrons. The van der Waals surface area contributed by atoms with Crippen LogP contribution in [0.5, 0.6) is 5.75 Å². The zero-order chi connectivity index (χ0) is 17.7. The lowest BCUT2D eigenvalue weighted by molar-refractivity contribution is -0.141. The fourth-order valence-corrected chi connectivity index (χ4v) is 2.39. The van der Waals surface area contributed by atoms with Gasteiger partial charge in [0.15, 0.2) is 6.61 Å². The van der Waals surface area contributed by atoms with E-state index in [1.807, 2.05) is 13.8 Å². The first-order valence-electron chi connectivity index (χ1n) is 7.84. The summed E-state index contributed by atoms with van der Waals surface area (Å²) in [6.45, 7) is 4.68. The highest BCUT2D eigenvalue weighted by Crippen LogP contribution is 2.35. The van der Waals surface area contributed by atoms with Crippen LogP contribution in [0.4, 0.5) is 11.4 Å². The van der Waals surface area contributed by atoms with Crippen LogP contribution in [0.25, 0.3) is 0 Å². The smallest absolute Gasteiger partial charge is 0.306 e. The summed E-state index contributed by atoms with van der Waals surface area (Å²) in [5.41, 5.74) is 1.26. The minimum absolute atomic E-state index is 0.0144. The number of anilines is 2. The molecule has 1 aliphatic rings. The van der Waals surface area contributed by atoms with Crippen LogP contribution >= 0.6 is 0 Å². The monoisotopic (exact) mass is 334 g/mol. The van der Waals surface area contributed by atoms with Crippen LogP contribution in [0.2, 0.25) is 0 Å². The van der Waals surface area contributed by atoms with Gasteiger partial charge in [-0.2, -0.15) is 0 Å². The van der Waals surface area contributed by atoms with Gasteiger partial charge in [0.1, 0.15) is 5.75 Å². The maximum atomic E-state index is 12.0. The Bertz CT molecular complexity index is 642. The number of carbonyl (C=O) groups is 3. The van der Waals surface area contributed by atoms with Crippen molar-refractivity contribution in [1.82, 2.24) is 0 Å². The standard InChI is InChI=1S/C17H22N2O5/c1-11(2)9-19-13-5-4-12(8-14(13)24-10-16(19)21)18-15(20)6-7-17(22)23-3/h4-5,8,11H,6-7,9-10H2,1-3H3,(H,18,20). The molecular formula is C17H22N2O5. The van der Waals surface area contributed by atoms with Crippen molar-refractivity contribution in [1.29, 1.82) is 0 Å². The topological polar surface area (TPSA) is 84.9 Å². The van der Waals surface area contributed by atoms with Crippen molar-refractivity contribution >= 4 is 29.2 Å². The normalized spacial score (nSPS) is 13.3. The molecule has 0 saturated heterocycles. The molecule has 2 amide bonds. The van der Waals surface area contributed by atoms with E-state index in [0.717, 1.165) is 0 Å². The van der Waals surface area contributed by atoms with Gasteiger partial charge >= 0.3 is 5.97 Å². The van der Waals surface area contributed by atoms with Crippen LogP contribution in [-0.2, 0) is 19.1 Å². The number of benzene rings is 1. The first-order chi connectivity index (χ1) is 11.4. The van der Waals surface area contributed by atoms with Gasteiger partial charge in [0, 0.05) is 24.7 Å². The van der Waals surface area contributed by atoms with Crippen molar-refractivity contribution in [2.24, 2.45) is 5.92 Å². The molecule has 7 nitrogen and oxygen atoms in total. The Labute approximate surface area is 140 Å². The van der Waals surface area contributed by atoms with E-state index in [4.69, 9.17) is 4.74 Å². The van der Waals surface area contributed by atoms with E-state index in [1.165, 1.54) is 7.11 Å². The molecule has 2 rings (SSSR count). The number of carbonyl (C=O) groups excluding carboxylic acids is 3. The quantitative estimate of drug-likeness (QED) is 0.804. The molecule has 0 spiro atoms. The van der Waals surface area contributed by atoms with Gasteiger partial charge in [0.25, 0.3) is 5.91 Å². The van der Waals surface area contributed by atoms with Gasteiger partial charge in [-0.05, 0) is 18.1 Å². The number of hydrogen-bond acceptors (Lipinski definition) is 5. The maximum Gasteiger partial charge on any atom is 0.306 e. The van der Waals surface area contributed by atoms with E-state index in [9.17, 15) is 14.4 Å². The van der Waals surface area contributed by atoms with E-state index >= 15 is 0 Å². The van der Waals surface area contributed by atoms with E-state index < -0.39 is 5.97 Å². The van der Waals surface area contributed by atoms with E-state index in [1.54, 1.807) is 23.1 Å². The fourth-order valence-electron chi connectivity index (χ4n) is 2.39. The molecule has 130 valence electrons. The first kappa shape index (κ1) is 17.8. The van der Waals surface area contributed by atoms with Gasteiger partial charge in [-0.1, -0.05) is 13.8 Å². The minimum Gasteiger partial charge on any atom is -0.481 e. The number of rotatable bonds is 6. The third-order valence-corrected chi connectivity index (χ3v) is 3.52. The summed E-state index contributed by atoms with van der Waals surface area (Å²) in [5.74, 6) is 0.0951. The highest BCUT2D eigenvalue weighted by molar-refractivity contribution is 5.99. The lowest BCUT2D eigenvalue weighted by Crippen LogP contribution is -2.40. The van der Waals surface area contributed by atoms with Gasteiger partial charge in [0.2, 0.25) is 5.91 Å². The molecule has 0 bridgehead atoms. The summed E-state index contributed by atoms with van der Waals surface area (Å²) in [5, 5.41) is 2.71. The van der Waals surface area contributed by atoms with Crippen molar-refractivity contribution in [2.45, 2.75) is 26.7 Å². The lowest BCUT2D eigenvalue weighted by atomic mass is 10.1. The number of nitrogens with zero attached hydrogens (tertiary/aromatic N) is 1. The Morgan fingerprint density at radius 2 is 2.08 bits per heavy atom. The van der Waals surface area contributed by atoms with E-state index in [0.29, 0.717) is 29.6 Å². The molecule has 1 aromatic carbocycles. The number of ether oxygens (including phenoxy) is 2. The highest BCUT2D eigenvalue weighted by atomic mass is 16.5. The maximum absolute atomic E-state index is 12.0. The van der Waals surface area contributed by atoms with Gasteiger partial charge < -0.3 is 19.7 Å². The predicted octanol–water partition coefficient (Wildman–Crippen LogP) is 1.96. The molecule has 0 saturated carbocycles. The van der Waals surface area contributed by atoms with Crippen molar-refractivity contribution < 1.29 is 23.9 Å². The number of nitrogens with one attached hydrogen (secondary N) is 1. The number of fused-ring (bicyclic) bond motifs is 1. The summed E-state index contributed by atoms with van der Waals surface area (Å²) < 4.78 is 9.97. The van der Waals surface area contributed by atoms with Gasteiger partial charge in [-0.25, -0.2) is 0 Å². The molecule has 1 aromatic rings. The Morgan fingerprint density at radius 3 is 2.75 bits per heavy atom. The number of amides is 2. The molecule has 0 aliphatic carbocycles. The Hall–Kier alpha value is -2.57. The fraction of sp³-hybridized carbons (Fsp3) is 0.471. The second-order valence-electron chi connectivity index (χ2n) is 5.99. The molecule has 0 fully saturated rings. The second kappa shape index (κ2) is 7.81. The van der Waals surface area contributed by atoms with Crippen molar-refractivity contribution in [3.05, 3.63) is 18.2 Å². The summed E-state index contributed by atoms with van der Waals surface area (Å²) in [4.78, 5) is 36.6. The molecular weight excluding hydrogens is 312 g/mol. The second-order valence-corrected chi connectivity index (χ2v) is 5.99. The summed E-state index contributed by atoms with van der Waals surface area (Å²) in [6.07, 6.45) is 0.0724. The number of esters is 1. The zero-order valence-corrected chi connectivity index (χ0v) is 14.1. The van der Waals surface area contributed by atoms with Crippen LogP contribution in [0, 0.1) is 5.92 Å². The highest BCUT2D eigenvalue weighted by Gasteiger charge is 2.26. The summed E-state index contributed by atoms with van der Waals surface area (Å²) >= 11 is 0. The largest absolute Gasteiger partial charge is 0.481 e. The average Bonchev–Trinajstić information content (AvgIpc) is 2.55. The molecule has 0 atom stereocenters. The molecule has 7 heteroatoms. The van der Waals surface area contributed by atoms with Crippen LogP contribution < -0.4 is 15.0 Å². The van der Waals surface area contributed by atoms with Crippen molar-refractivity contribution in [3.63, 3.8) is 0 Å². The molecule has 0 unspecified atom stereocenters. The third-order valence-electron chi connectivity index (χ3n) is 3.52. The number of methoxy groups -OCH3 is 1. The molecule has 1 aliphatic heterocycles. The number of hydrogen-bond donors (Lipinski definition) is 1. The van der Waals surface area contributed by atoms with Crippen molar-refractivity contribution in [2.75, 3.05) is 30.5 Å². The van der Waals surface area contributed by atoms with Crippen LogP contribution in [0.3, 0.4) is 0 Å². The minimum atomic E-state index is -0.429. The van der Waals surface area contributed by atoms with E-state index in [2.05, 4.69) is 10.1 Å². The molecule has 24 heavy (non-hydrogen) atoms. The first-order valence-corrected chi connectivity index (χ1v) is 7.84.